The third kappa shape index (κ3) is 1.85. The fourth-order valence-electron chi connectivity index (χ4n) is 1.65. The van der Waals surface area contributed by atoms with Gasteiger partial charge in [0.2, 0.25) is 0 Å². The van der Waals surface area contributed by atoms with Crippen molar-refractivity contribution in [3.05, 3.63) is 34.9 Å². The Morgan fingerprint density at radius 3 is 2.73 bits per heavy atom. The van der Waals surface area contributed by atoms with E-state index in [2.05, 4.69) is 28.8 Å². The molecule has 0 saturated heterocycles. The summed E-state index contributed by atoms with van der Waals surface area (Å²) in [6.45, 7) is 4.24. The maximum Gasteiger partial charge on any atom is 0.133 e. The fraction of sp³-hybridized carbons (Fsp3) is 0.273. The van der Waals surface area contributed by atoms with Gasteiger partial charge in [-0.2, -0.15) is 0 Å². The first kappa shape index (κ1) is 10.1. The van der Waals surface area contributed by atoms with Gasteiger partial charge in [-0.05, 0) is 18.1 Å². The number of H-pyrrole nitrogens is 2. The molecule has 0 fully saturated rings. The van der Waals surface area contributed by atoms with Crippen molar-refractivity contribution >= 4 is 12.2 Å². The van der Waals surface area contributed by atoms with Crippen LogP contribution in [-0.4, -0.2) is 15.0 Å². The number of nitrogens with one attached hydrogen (secondary N) is 2. The van der Waals surface area contributed by atoms with Gasteiger partial charge < -0.3 is 9.97 Å². The Bertz CT molecular complexity index is 497. The quantitative estimate of drug-likeness (QED) is 0.761. The monoisotopic (exact) mass is 219 g/mol. The second-order valence-corrected chi connectivity index (χ2v) is 4.12. The van der Waals surface area contributed by atoms with Crippen LogP contribution in [0, 0.1) is 4.64 Å². The molecule has 0 aliphatic carbocycles. The minimum Gasteiger partial charge on any atom is -0.360 e. The SMILES string of the molecule is CC(C)c1c(-c2ccc[nH]2)[nH]cnc1=S. The van der Waals surface area contributed by atoms with Crippen LogP contribution >= 0.6 is 12.2 Å². The molecule has 0 aromatic carbocycles. The Kier molecular flexibility index (Phi) is 2.68. The molecule has 0 spiro atoms. The molecule has 3 nitrogen and oxygen atoms in total. The zero-order valence-corrected chi connectivity index (χ0v) is 9.56. The lowest BCUT2D eigenvalue weighted by atomic mass is 10.0. The number of rotatable bonds is 2. The van der Waals surface area contributed by atoms with Gasteiger partial charge in [0, 0.05) is 11.8 Å². The summed E-state index contributed by atoms with van der Waals surface area (Å²) in [5.41, 5.74) is 3.18. The van der Waals surface area contributed by atoms with E-state index < -0.39 is 0 Å². The summed E-state index contributed by atoms with van der Waals surface area (Å²) in [5.74, 6) is 0.362. The first-order chi connectivity index (χ1) is 7.20. The van der Waals surface area contributed by atoms with E-state index in [0.717, 1.165) is 17.0 Å². The van der Waals surface area contributed by atoms with Gasteiger partial charge in [-0.3, -0.25) is 0 Å². The molecule has 4 heteroatoms. The molecule has 2 aromatic heterocycles. The zero-order valence-electron chi connectivity index (χ0n) is 8.74. The highest BCUT2D eigenvalue weighted by atomic mass is 32.1. The minimum absolute atomic E-state index is 0.362. The average molecular weight is 219 g/mol. The number of aromatic nitrogens is 3. The van der Waals surface area contributed by atoms with Crippen LogP contribution in [0.1, 0.15) is 25.3 Å². The summed E-state index contributed by atoms with van der Waals surface area (Å²) in [4.78, 5) is 10.4. The van der Waals surface area contributed by atoms with E-state index >= 15 is 0 Å². The molecular weight excluding hydrogens is 206 g/mol. The van der Waals surface area contributed by atoms with Gasteiger partial charge in [0.1, 0.15) is 4.64 Å². The van der Waals surface area contributed by atoms with Crippen molar-refractivity contribution < 1.29 is 0 Å². The molecule has 0 aliphatic rings. The van der Waals surface area contributed by atoms with Crippen molar-refractivity contribution in [3.63, 3.8) is 0 Å². The second-order valence-electron chi connectivity index (χ2n) is 3.73. The molecule has 2 heterocycles. The molecule has 0 saturated carbocycles. The number of nitrogens with zero attached hydrogens (tertiary/aromatic N) is 1. The van der Waals surface area contributed by atoms with Crippen LogP contribution in [0.15, 0.2) is 24.7 Å². The molecule has 2 aromatic rings. The summed E-state index contributed by atoms with van der Waals surface area (Å²) < 4.78 is 0.674. The van der Waals surface area contributed by atoms with Crippen LogP contribution in [0.25, 0.3) is 11.4 Å². The van der Waals surface area contributed by atoms with Gasteiger partial charge in [-0.15, -0.1) is 0 Å². The van der Waals surface area contributed by atoms with Crippen LogP contribution < -0.4 is 0 Å². The van der Waals surface area contributed by atoms with Gasteiger partial charge in [-0.25, -0.2) is 4.98 Å². The van der Waals surface area contributed by atoms with E-state index in [1.807, 2.05) is 18.3 Å². The third-order valence-corrected chi connectivity index (χ3v) is 2.66. The molecule has 0 unspecified atom stereocenters. The first-order valence-corrected chi connectivity index (χ1v) is 5.32. The summed E-state index contributed by atoms with van der Waals surface area (Å²) >= 11 is 5.24. The molecule has 15 heavy (non-hydrogen) atoms. The predicted octanol–water partition coefficient (Wildman–Crippen LogP) is 3.26. The normalized spacial score (nSPS) is 10.9. The van der Waals surface area contributed by atoms with Crippen LogP contribution in [-0.2, 0) is 0 Å². The first-order valence-electron chi connectivity index (χ1n) is 4.91. The lowest BCUT2D eigenvalue weighted by Gasteiger charge is -2.10. The maximum atomic E-state index is 5.24. The Morgan fingerprint density at radius 1 is 1.33 bits per heavy atom. The van der Waals surface area contributed by atoms with Crippen molar-refractivity contribution in [2.75, 3.05) is 0 Å². The van der Waals surface area contributed by atoms with Crippen LogP contribution in [0.5, 0.6) is 0 Å². The zero-order chi connectivity index (χ0) is 10.8. The molecule has 0 aliphatic heterocycles. The van der Waals surface area contributed by atoms with Crippen molar-refractivity contribution in [1.29, 1.82) is 0 Å². The molecule has 0 bridgehead atoms. The number of hydrogen-bond acceptors (Lipinski definition) is 2. The van der Waals surface area contributed by atoms with E-state index in [0.29, 0.717) is 10.6 Å². The van der Waals surface area contributed by atoms with Crippen LogP contribution in [0.4, 0.5) is 0 Å². The van der Waals surface area contributed by atoms with Gasteiger partial charge in [-0.1, -0.05) is 26.1 Å². The van der Waals surface area contributed by atoms with Crippen molar-refractivity contribution in [2.24, 2.45) is 0 Å². The Balaban J connectivity index is 2.67. The Hall–Kier alpha value is -1.42. The predicted molar refractivity (Wildman–Crippen MR) is 63.3 cm³/mol. The molecule has 0 atom stereocenters. The highest BCUT2D eigenvalue weighted by Crippen LogP contribution is 2.25. The topological polar surface area (TPSA) is 44.5 Å². The van der Waals surface area contributed by atoms with Crippen molar-refractivity contribution in [2.45, 2.75) is 19.8 Å². The smallest absolute Gasteiger partial charge is 0.133 e. The second kappa shape index (κ2) is 3.98. The lowest BCUT2D eigenvalue weighted by molar-refractivity contribution is 0.842. The highest BCUT2D eigenvalue weighted by molar-refractivity contribution is 7.71. The molecule has 0 radical (unpaired) electrons. The van der Waals surface area contributed by atoms with E-state index in [4.69, 9.17) is 12.2 Å². The average Bonchev–Trinajstić information content (AvgIpc) is 2.69. The van der Waals surface area contributed by atoms with Gasteiger partial charge in [0.15, 0.2) is 0 Å². The molecule has 78 valence electrons. The standard InChI is InChI=1S/C11H13N3S/c1-7(2)9-10(8-4-3-5-12-8)13-6-14-11(9)15/h3-7,12H,1-2H3,(H,13,14,15). The van der Waals surface area contributed by atoms with E-state index in [1.165, 1.54) is 0 Å². The molecule has 2 rings (SSSR count). The Labute approximate surface area is 93.6 Å². The third-order valence-electron chi connectivity index (χ3n) is 2.34. The summed E-state index contributed by atoms with van der Waals surface area (Å²) in [7, 11) is 0. The highest BCUT2D eigenvalue weighted by Gasteiger charge is 2.11. The summed E-state index contributed by atoms with van der Waals surface area (Å²) in [6.07, 6.45) is 3.54. The Morgan fingerprint density at radius 2 is 2.13 bits per heavy atom. The summed E-state index contributed by atoms with van der Waals surface area (Å²) in [5, 5.41) is 0. The van der Waals surface area contributed by atoms with Gasteiger partial charge >= 0.3 is 0 Å². The van der Waals surface area contributed by atoms with Crippen molar-refractivity contribution in [3.8, 4) is 11.4 Å². The number of aromatic amines is 2. The van der Waals surface area contributed by atoms with Crippen molar-refractivity contribution in [1.82, 2.24) is 15.0 Å². The van der Waals surface area contributed by atoms with E-state index in [9.17, 15) is 0 Å². The van der Waals surface area contributed by atoms with E-state index in [-0.39, 0.29) is 0 Å². The largest absolute Gasteiger partial charge is 0.360 e. The molecule has 2 N–H and O–H groups in total. The van der Waals surface area contributed by atoms with Crippen LogP contribution in [0.2, 0.25) is 0 Å². The summed E-state index contributed by atoms with van der Waals surface area (Å²) in [6, 6.07) is 3.99. The van der Waals surface area contributed by atoms with Gasteiger partial charge in [0.25, 0.3) is 0 Å². The molecular formula is C11H13N3S. The van der Waals surface area contributed by atoms with Gasteiger partial charge in [0.05, 0.1) is 17.7 Å². The minimum atomic E-state index is 0.362. The molecule has 0 amide bonds. The maximum absolute atomic E-state index is 5.24. The fourth-order valence-corrected chi connectivity index (χ4v) is 2.04. The lowest BCUT2D eigenvalue weighted by Crippen LogP contribution is -1.98. The van der Waals surface area contributed by atoms with E-state index in [1.54, 1.807) is 6.33 Å². The van der Waals surface area contributed by atoms with Crippen LogP contribution in [0.3, 0.4) is 0 Å². The number of hydrogen-bond donors (Lipinski definition) is 2.